The number of nitrogens with one attached hydrogen (secondary N) is 1. The molecule has 22 heavy (non-hydrogen) atoms. The Morgan fingerprint density at radius 3 is 3.00 bits per heavy atom. The average Bonchev–Trinajstić information content (AvgIpc) is 3.14. The van der Waals surface area contributed by atoms with Gasteiger partial charge in [0.15, 0.2) is 9.84 Å². The van der Waals surface area contributed by atoms with Crippen molar-refractivity contribution in [1.82, 2.24) is 9.97 Å². The van der Waals surface area contributed by atoms with Crippen LogP contribution in [0.2, 0.25) is 0 Å². The van der Waals surface area contributed by atoms with E-state index in [0.29, 0.717) is 12.4 Å². The molecule has 2 atom stereocenters. The third-order valence-corrected chi connectivity index (χ3v) is 6.00. The van der Waals surface area contributed by atoms with Crippen LogP contribution in [0.1, 0.15) is 19.3 Å². The van der Waals surface area contributed by atoms with Gasteiger partial charge in [-0.25, -0.2) is 13.4 Å². The van der Waals surface area contributed by atoms with Crippen LogP contribution in [0.5, 0.6) is 0 Å². The molecule has 0 aliphatic carbocycles. The Labute approximate surface area is 131 Å². The second-order valence-electron chi connectivity index (χ2n) is 5.93. The smallest absolute Gasteiger partial charge is 0.227 e. The molecule has 3 heterocycles. The van der Waals surface area contributed by atoms with Crippen LogP contribution in [-0.2, 0) is 14.6 Å². The van der Waals surface area contributed by atoms with Crippen molar-refractivity contribution in [2.45, 2.75) is 31.4 Å². The Morgan fingerprint density at radius 1 is 1.45 bits per heavy atom. The minimum Gasteiger partial charge on any atom is -0.376 e. The molecule has 2 aliphatic rings. The van der Waals surface area contributed by atoms with E-state index in [9.17, 15) is 8.42 Å². The van der Waals surface area contributed by atoms with E-state index in [1.807, 2.05) is 18.0 Å². The summed E-state index contributed by atoms with van der Waals surface area (Å²) in [6, 6.07) is 1.77. The first-order valence-electron chi connectivity index (χ1n) is 7.65. The van der Waals surface area contributed by atoms with Crippen molar-refractivity contribution >= 4 is 21.6 Å². The van der Waals surface area contributed by atoms with E-state index in [1.165, 1.54) is 0 Å². The molecule has 0 radical (unpaired) electrons. The van der Waals surface area contributed by atoms with Gasteiger partial charge < -0.3 is 15.0 Å². The van der Waals surface area contributed by atoms with Crippen molar-refractivity contribution in [3.63, 3.8) is 0 Å². The highest BCUT2D eigenvalue weighted by atomic mass is 32.2. The van der Waals surface area contributed by atoms with E-state index in [4.69, 9.17) is 4.74 Å². The summed E-state index contributed by atoms with van der Waals surface area (Å²) in [5.41, 5.74) is 0. The molecule has 7 nitrogen and oxygen atoms in total. The maximum absolute atomic E-state index is 11.6. The molecule has 0 amide bonds. The topological polar surface area (TPSA) is 84.4 Å². The van der Waals surface area contributed by atoms with Crippen molar-refractivity contribution in [3.8, 4) is 0 Å². The number of aromatic nitrogens is 2. The van der Waals surface area contributed by atoms with Gasteiger partial charge in [-0.05, 0) is 25.3 Å². The van der Waals surface area contributed by atoms with E-state index in [1.54, 1.807) is 6.20 Å². The summed E-state index contributed by atoms with van der Waals surface area (Å²) in [5, 5.41) is 3.27. The van der Waals surface area contributed by atoms with Crippen LogP contribution in [-0.4, -0.2) is 62.2 Å². The molecule has 122 valence electrons. The van der Waals surface area contributed by atoms with Crippen LogP contribution in [0.4, 0.5) is 11.8 Å². The fourth-order valence-corrected chi connectivity index (χ4v) is 4.66. The van der Waals surface area contributed by atoms with Crippen LogP contribution in [0.25, 0.3) is 0 Å². The maximum Gasteiger partial charge on any atom is 0.227 e. The number of anilines is 2. The molecule has 1 aromatic heterocycles. The summed E-state index contributed by atoms with van der Waals surface area (Å²) in [6.07, 6.45) is 4.76. The minimum atomic E-state index is -2.91. The van der Waals surface area contributed by atoms with Gasteiger partial charge in [0.25, 0.3) is 0 Å². The normalized spacial score (nSPS) is 27.0. The molecule has 2 unspecified atom stereocenters. The summed E-state index contributed by atoms with van der Waals surface area (Å²) >= 11 is 0. The van der Waals surface area contributed by atoms with Gasteiger partial charge >= 0.3 is 0 Å². The van der Waals surface area contributed by atoms with Crippen molar-refractivity contribution in [2.24, 2.45) is 0 Å². The number of hydrogen-bond acceptors (Lipinski definition) is 7. The first kappa shape index (κ1) is 15.5. The van der Waals surface area contributed by atoms with Crippen LogP contribution >= 0.6 is 0 Å². The maximum atomic E-state index is 11.6. The van der Waals surface area contributed by atoms with Gasteiger partial charge in [-0.3, -0.25) is 0 Å². The highest BCUT2D eigenvalue weighted by Crippen LogP contribution is 2.21. The first-order valence-corrected chi connectivity index (χ1v) is 9.47. The van der Waals surface area contributed by atoms with Crippen LogP contribution in [0.15, 0.2) is 12.3 Å². The van der Waals surface area contributed by atoms with E-state index >= 15 is 0 Å². The minimum absolute atomic E-state index is 0.0431. The highest BCUT2D eigenvalue weighted by molar-refractivity contribution is 7.91. The Morgan fingerprint density at radius 2 is 2.32 bits per heavy atom. The summed E-state index contributed by atoms with van der Waals surface area (Å²) in [5.74, 6) is 1.73. The Kier molecular flexibility index (Phi) is 4.49. The van der Waals surface area contributed by atoms with Crippen LogP contribution in [0, 0.1) is 0 Å². The lowest BCUT2D eigenvalue weighted by atomic mass is 10.2. The predicted molar refractivity (Wildman–Crippen MR) is 85.0 cm³/mol. The first-order chi connectivity index (χ1) is 10.5. The zero-order valence-corrected chi connectivity index (χ0v) is 13.6. The Hall–Kier alpha value is -1.41. The Balaban J connectivity index is 1.62. The molecule has 1 N–H and O–H groups in total. The zero-order valence-electron chi connectivity index (χ0n) is 12.7. The summed E-state index contributed by atoms with van der Waals surface area (Å²) in [7, 11) is -1.06. The van der Waals surface area contributed by atoms with Crippen LogP contribution in [0.3, 0.4) is 0 Å². The lowest BCUT2D eigenvalue weighted by Gasteiger charge is -2.23. The molecule has 2 saturated heterocycles. The van der Waals surface area contributed by atoms with E-state index < -0.39 is 9.84 Å². The second-order valence-corrected chi connectivity index (χ2v) is 8.15. The summed E-state index contributed by atoms with van der Waals surface area (Å²) in [4.78, 5) is 10.6. The van der Waals surface area contributed by atoms with Crippen molar-refractivity contribution < 1.29 is 13.2 Å². The molecule has 0 saturated carbocycles. The van der Waals surface area contributed by atoms with Gasteiger partial charge in [-0.2, -0.15) is 4.98 Å². The SMILES string of the molecule is CN(c1nccc(NCC2CCCO2)n1)C1CCS(=O)(=O)C1. The standard InChI is InChI=1S/C14H22N4O3S/c1-18(11-5-8-22(19,20)10-11)14-15-6-4-13(17-14)16-9-12-3-2-7-21-12/h4,6,11-12H,2-3,5,7-10H2,1H3,(H,15,16,17). The average molecular weight is 326 g/mol. The van der Waals surface area contributed by atoms with Crippen molar-refractivity contribution in [3.05, 3.63) is 12.3 Å². The molecule has 2 fully saturated rings. The van der Waals surface area contributed by atoms with Gasteiger partial charge in [-0.15, -0.1) is 0 Å². The second kappa shape index (κ2) is 6.37. The van der Waals surface area contributed by atoms with Gasteiger partial charge in [-0.1, -0.05) is 0 Å². The Bertz CT molecular complexity index is 616. The van der Waals surface area contributed by atoms with Crippen molar-refractivity contribution in [2.75, 3.05) is 41.9 Å². The summed E-state index contributed by atoms with van der Waals surface area (Å²) < 4.78 is 28.8. The zero-order chi connectivity index (χ0) is 15.6. The fraction of sp³-hybridized carbons (Fsp3) is 0.714. The number of hydrogen-bond donors (Lipinski definition) is 1. The van der Waals surface area contributed by atoms with E-state index in [0.717, 1.165) is 31.8 Å². The number of rotatable bonds is 5. The highest BCUT2D eigenvalue weighted by Gasteiger charge is 2.31. The predicted octanol–water partition coefficient (Wildman–Crippen LogP) is 0.691. The molecule has 8 heteroatoms. The molecule has 1 aromatic rings. The molecule has 0 aromatic carbocycles. The number of sulfone groups is 1. The largest absolute Gasteiger partial charge is 0.376 e. The molecular weight excluding hydrogens is 304 g/mol. The monoisotopic (exact) mass is 326 g/mol. The number of ether oxygens (including phenoxy) is 1. The van der Waals surface area contributed by atoms with Crippen LogP contribution < -0.4 is 10.2 Å². The third kappa shape index (κ3) is 3.67. The van der Waals surface area contributed by atoms with Gasteiger partial charge in [0.2, 0.25) is 5.95 Å². The third-order valence-electron chi connectivity index (χ3n) is 4.25. The van der Waals surface area contributed by atoms with Gasteiger partial charge in [0.1, 0.15) is 5.82 Å². The lowest BCUT2D eigenvalue weighted by molar-refractivity contribution is 0.120. The molecule has 3 rings (SSSR count). The molecule has 0 spiro atoms. The van der Waals surface area contributed by atoms with E-state index in [2.05, 4.69) is 15.3 Å². The molecular formula is C14H22N4O3S. The van der Waals surface area contributed by atoms with Gasteiger partial charge in [0.05, 0.1) is 17.6 Å². The van der Waals surface area contributed by atoms with Gasteiger partial charge in [0, 0.05) is 32.4 Å². The van der Waals surface area contributed by atoms with E-state index in [-0.39, 0.29) is 23.7 Å². The lowest BCUT2D eigenvalue weighted by Crippen LogP contribution is -2.34. The fourth-order valence-electron chi connectivity index (χ4n) is 2.88. The quantitative estimate of drug-likeness (QED) is 0.852. The molecule has 2 aliphatic heterocycles. The molecule has 0 bridgehead atoms. The van der Waals surface area contributed by atoms with Crippen molar-refractivity contribution in [1.29, 1.82) is 0 Å². The summed E-state index contributed by atoms with van der Waals surface area (Å²) in [6.45, 7) is 1.57. The number of nitrogens with zero attached hydrogens (tertiary/aromatic N) is 3.